The number of hydrogen-bond acceptors (Lipinski definition) is 3. The molecule has 1 aromatic carbocycles. The Balaban J connectivity index is 1.76. The summed E-state index contributed by atoms with van der Waals surface area (Å²) in [5, 5.41) is 0.983. The van der Waals surface area contributed by atoms with Crippen LogP contribution < -0.4 is 4.74 Å². The van der Waals surface area contributed by atoms with Gasteiger partial charge in [0.25, 0.3) is 0 Å². The highest BCUT2D eigenvalue weighted by Gasteiger charge is 2.32. The molecule has 1 fully saturated rings. The molecule has 21 heavy (non-hydrogen) atoms. The summed E-state index contributed by atoms with van der Waals surface area (Å²) in [6.07, 6.45) is 4.55. The second kappa shape index (κ2) is 5.43. The van der Waals surface area contributed by atoms with Gasteiger partial charge >= 0.3 is 0 Å². The third-order valence-corrected chi connectivity index (χ3v) is 4.51. The number of hydrogen-bond donors (Lipinski definition) is 0. The molecule has 1 aliphatic rings. The van der Waals surface area contributed by atoms with E-state index in [-0.39, 0.29) is 5.91 Å². The van der Waals surface area contributed by atoms with E-state index in [0.29, 0.717) is 18.4 Å². The predicted molar refractivity (Wildman–Crippen MR) is 81.4 cm³/mol. The molecule has 0 aliphatic heterocycles. The van der Waals surface area contributed by atoms with Gasteiger partial charge in [0.2, 0.25) is 5.91 Å². The molecule has 1 amide bonds. The van der Waals surface area contributed by atoms with Crippen molar-refractivity contribution >= 4 is 16.9 Å². The second-order valence-electron chi connectivity index (χ2n) is 5.88. The van der Waals surface area contributed by atoms with Gasteiger partial charge in [-0.05, 0) is 37.8 Å². The van der Waals surface area contributed by atoms with Gasteiger partial charge in [0.15, 0.2) is 0 Å². The molecule has 1 heterocycles. The first-order valence-corrected chi connectivity index (χ1v) is 7.40. The molecule has 1 aromatic heterocycles. The lowest BCUT2D eigenvalue weighted by Gasteiger charge is -2.24. The van der Waals surface area contributed by atoms with Gasteiger partial charge in [-0.1, -0.05) is 0 Å². The van der Waals surface area contributed by atoms with Crippen LogP contribution in [0.2, 0.25) is 0 Å². The average Bonchev–Trinajstić information content (AvgIpc) is 3.28. The zero-order chi connectivity index (χ0) is 15.0. The summed E-state index contributed by atoms with van der Waals surface area (Å²) < 4.78 is 10.7. The van der Waals surface area contributed by atoms with Crippen molar-refractivity contribution in [1.29, 1.82) is 0 Å². The Hall–Kier alpha value is -1.97. The van der Waals surface area contributed by atoms with E-state index in [1.54, 1.807) is 13.4 Å². The van der Waals surface area contributed by atoms with Crippen molar-refractivity contribution in [3.05, 3.63) is 30.0 Å². The highest BCUT2D eigenvalue weighted by molar-refractivity contribution is 5.88. The van der Waals surface area contributed by atoms with Gasteiger partial charge in [0, 0.05) is 30.1 Å². The van der Waals surface area contributed by atoms with Crippen LogP contribution >= 0.6 is 0 Å². The zero-order valence-corrected chi connectivity index (χ0v) is 12.8. The number of nitrogens with zero attached hydrogens (tertiary/aromatic N) is 1. The molecule has 4 nitrogen and oxygen atoms in total. The second-order valence-corrected chi connectivity index (χ2v) is 5.88. The van der Waals surface area contributed by atoms with E-state index in [4.69, 9.17) is 9.15 Å². The van der Waals surface area contributed by atoms with Gasteiger partial charge in [-0.2, -0.15) is 0 Å². The summed E-state index contributed by atoms with van der Waals surface area (Å²) in [6.45, 7) is 2.13. The fourth-order valence-corrected chi connectivity index (χ4v) is 2.74. The normalized spacial score (nSPS) is 16.0. The maximum Gasteiger partial charge on any atom is 0.227 e. The smallest absolute Gasteiger partial charge is 0.227 e. The van der Waals surface area contributed by atoms with Gasteiger partial charge in [-0.15, -0.1) is 0 Å². The Morgan fingerprint density at radius 3 is 2.90 bits per heavy atom. The van der Waals surface area contributed by atoms with Crippen LogP contribution in [0.1, 0.15) is 25.3 Å². The third-order valence-electron chi connectivity index (χ3n) is 4.51. The summed E-state index contributed by atoms with van der Waals surface area (Å²) in [6, 6.07) is 6.02. The largest absolute Gasteiger partial charge is 0.497 e. The van der Waals surface area contributed by atoms with Crippen LogP contribution in [0, 0.1) is 5.92 Å². The number of carbonyl (C=O) groups is 1. The Labute approximate surface area is 124 Å². The van der Waals surface area contributed by atoms with Crippen LogP contribution in [0.25, 0.3) is 11.0 Å². The molecule has 1 aliphatic carbocycles. The van der Waals surface area contributed by atoms with Crippen molar-refractivity contribution in [2.45, 2.75) is 32.2 Å². The number of benzene rings is 1. The van der Waals surface area contributed by atoms with E-state index in [9.17, 15) is 4.79 Å². The van der Waals surface area contributed by atoms with Gasteiger partial charge < -0.3 is 14.1 Å². The van der Waals surface area contributed by atoms with Crippen LogP contribution in [0.5, 0.6) is 5.75 Å². The molecule has 0 bridgehead atoms. The fourth-order valence-electron chi connectivity index (χ4n) is 2.74. The first-order valence-electron chi connectivity index (χ1n) is 7.40. The molecule has 1 unspecified atom stereocenters. The standard InChI is InChI=1S/C17H21NO3/c1-11(12-4-5-12)18(2)17(19)8-13-10-21-16-9-14(20-3)6-7-15(13)16/h6-7,9-12H,4-5,8H2,1-3H3. The van der Waals surface area contributed by atoms with Crippen molar-refractivity contribution in [3.63, 3.8) is 0 Å². The van der Waals surface area contributed by atoms with Crippen molar-refractivity contribution in [2.75, 3.05) is 14.2 Å². The minimum Gasteiger partial charge on any atom is -0.497 e. The molecular weight excluding hydrogens is 266 g/mol. The maximum absolute atomic E-state index is 12.4. The van der Waals surface area contributed by atoms with E-state index in [2.05, 4.69) is 6.92 Å². The Morgan fingerprint density at radius 1 is 1.48 bits per heavy atom. The maximum atomic E-state index is 12.4. The minimum absolute atomic E-state index is 0.146. The number of carbonyl (C=O) groups excluding carboxylic acids is 1. The van der Waals surface area contributed by atoms with Crippen molar-refractivity contribution in [3.8, 4) is 5.75 Å². The molecule has 0 radical (unpaired) electrons. The summed E-state index contributed by atoms with van der Waals surface area (Å²) in [5.41, 5.74) is 1.70. The van der Waals surface area contributed by atoms with Crippen LogP contribution in [-0.2, 0) is 11.2 Å². The van der Waals surface area contributed by atoms with Crippen molar-refractivity contribution in [2.24, 2.45) is 5.92 Å². The van der Waals surface area contributed by atoms with E-state index >= 15 is 0 Å². The van der Waals surface area contributed by atoms with Gasteiger partial charge in [-0.3, -0.25) is 4.79 Å². The summed E-state index contributed by atoms with van der Waals surface area (Å²) >= 11 is 0. The molecule has 1 saturated carbocycles. The Kier molecular flexibility index (Phi) is 3.62. The molecule has 1 atom stereocenters. The minimum atomic E-state index is 0.146. The van der Waals surface area contributed by atoms with Gasteiger partial charge in [0.05, 0.1) is 19.8 Å². The summed E-state index contributed by atoms with van der Waals surface area (Å²) in [5.74, 6) is 1.59. The topological polar surface area (TPSA) is 42.7 Å². The lowest BCUT2D eigenvalue weighted by atomic mass is 10.1. The molecular formula is C17H21NO3. The highest BCUT2D eigenvalue weighted by atomic mass is 16.5. The van der Waals surface area contributed by atoms with E-state index in [1.807, 2.05) is 30.1 Å². The summed E-state index contributed by atoms with van der Waals surface area (Å²) in [4.78, 5) is 14.3. The third kappa shape index (κ3) is 2.75. The number of amides is 1. The van der Waals surface area contributed by atoms with Crippen LogP contribution in [-0.4, -0.2) is 31.0 Å². The lowest BCUT2D eigenvalue weighted by molar-refractivity contribution is -0.131. The number of fused-ring (bicyclic) bond motifs is 1. The van der Waals surface area contributed by atoms with Gasteiger partial charge in [-0.25, -0.2) is 0 Å². The fraction of sp³-hybridized carbons (Fsp3) is 0.471. The molecule has 2 aromatic rings. The molecule has 112 valence electrons. The van der Waals surface area contributed by atoms with Crippen LogP contribution in [0.3, 0.4) is 0 Å². The van der Waals surface area contributed by atoms with Gasteiger partial charge in [0.1, 0.15) is 11.3 Å². The highest BCUT2D eigenvalue weighted by Crippen LogP contribution is 2.35. The first-order chi connectivity index (χ1) is 10.1. The molecule has 3 rings (SSSR count). The SMILES string of the molecule is COc1ccc2c(CC(=O)N(C)C(C)C3CC3)coc2c1. The number of furan rings is 1. The monoisotopic (exact) mass is 287 g/mol. The molecule has 4 heteroatoms. The first kappa shape index (κ1) is 14.0. The Morgan fingerprint density at radius 2 is 2.24 bits per heavy atom. The van der Waals surface area contributed by atoms with E-state index < -0.39 is 0 Å². The number of rotatable bonds is 5. The Bertz CT molecular complexity index is 657. The van der Waals surface area contributed by atoms with E-state index in [0.717, 1.165) is 22.3 Å². The molecule has 0 spiro atoms. The number of methoxy groups -OCH3 is 1. The van der Waals surface area contributed by atoms with Crippen molar-refractivity contribution in [1.82, 2.24) is 4.90 Å². The number of likely N-dealkylation sites (N-methyl/N-ethyl adjacent to an activating group) is 1. The quantitative estimate of drug-likeness (QED) is 0.848. The van der Waals surface area contributed by atoms with Crippen molar-refractivity contribution < 1.29 is 13.9 Å². The lowest BCUT2D eigenvalue weighted by Crippen LogP contribution is -2.37. The average molecular weight is 287 g/mol. The summed E-state index contributed by atoms with van der Waals surface area (Å²) in [7, 11) is 3.53. The van der Waals surface area contributed by atoms with Crippen LogP contribution in [0.4, 0.5) is 0 Å². The molecule has 0 N–H and O–H groups in total. The predicted octanol–water partition coefficient (Wildman–Crippen LogP) is 3.24. The molecule has 0 saturated heterocycles. The van der Waals surface area contributed by atoms with Crippen LogP contribution in [0.15, 0.2) is 28.9 Å². The zero-order valence-electron chi connectivity index (χ0n) is 12.8. The number of ether oxygens (including phenoxy) is 1. The van der Waals surface area contributed by atoms with E-state index in [1.165, 1.54) is 12.8 Å².